The fourth-order valence-electron chi connectivity index (χ4n) is 2.36. The maximum atomic E-state index is 12.4. The summed E-state index contributed by atoms with van der Waals surface area (Å²) in [5.74, 6) is -0.0104. The number of anilines is 1. The van der Waals surface area contributed by atoms with Gasteiger partial charge < -0.3 is 20.5 Å². The molecule has 1 fully saturated rings. The van der Waals surface area contributed by atoms with Crippen LogP contribution in [0.15, 0.2) is 12.3 Å². The third-order valence-electron chi connectivity index (χ3n) is 3.55. The van der Waals surface area contributed by atoms with Gasteiger partial charge in [0.05, 0.1) is 12.2 Å². The van der Waals surface area contributed by atoms with Crippen LogP contribution in [-0.2, 0) is 11.8 Å². The highest BCUT2D eigenvalue weighted by Crippen LogP contribution is 2.13. The number of nitrogen functional groups attached to an aromatic ring is 1. The van der Waals surface area contributed by atoms with Crippen LogP contribution in [-0.4, -0.2) is 66.0 Å². The van der Waals surface area contributed by atoms with Crippen LogP contribution < -0.4 is 11.1 Å². The number of carbonyl (C=O) groups is 2. The monoisotopic (exact) mass is 279 g/mol. The lowest BCUT2D eigenvalue weighted by atomic mass is 10.2. The van der Waals surface area contributed by atoms with Crippen LogP contribution in [0.4, 0.5) is 5.69 Å². The van der Waals surface area contributed by atoms with Gasteiger partial charge in [-0.05, 0) is 6.07 Å². The molecule has 0 aliphatic carbocycles. The zero-order chi connectivity index (χ0) is 14.7. The Morgan fingerprint density at radius 1 is 1.30 bits per heavy atom. The minimum atomic E-state index is -0.0104. The van der Waals surface area contributed by atoms with Crippen LogP contribution in [0.5, 0.6) is 0 Å². The van der Waals surface area contributed by atoms with Crippen molar-refractivity contribution in [3.05, 3.63) is 18.0 Å². The highest BCUT2D eigenvalue weighted by atomic mass is 16.2. The molecule has 3 N–H and O–H groups in total. The van der Waals surface area contributed by atoms with Gasteiger partial charge >= 0.3 is 0 Å². The number of aryl methyl sites for hydroxylation is 1. The van der Waals surface area contributed by atoms with Crippen LogP contribution in [0, 0.1) is 0 Å². The number of nitrogens with zero attached hydrogens (tertiary/aromatic N) is 3. The van der Waals surface area contributed by atoms with Crippen LogP contribution in [0.25, 0.3) is 0 Å². The minimum Gasteiger partial charge on any atom is -0.397 e. The van der Waals surface area contributed by atoms with E-state index in [0.29, 0.717) is 44.1 Å². The lowest BCUT2D eigenvalue weighted by Gasteiger charge is -2.34. The maximum absolute atomic E-state index is 12.4. The number of aromatic nitrogens is 1. The fraction of sp³-hybridized carbons (Fsp3) is 0.538. The van der Waals surface area contributed by atoms with Gasteiger partial charge in [0.15, 0.2) is 0 Å². The molecule has 7 heteroatoms. The molecule has 0 saturated carbocycles. The van der Waals surface area contributed by atoms with E-state index in [-0.39, 0.29) is 11.8 Å². The number of amides is 2. The highest BCUT2D eigenvalue weighted by molar-refractivity contribution is 5.93. The smallest absolute Gasteiger partial charge is 0.270 e. The van der Waals surface area contributed by atoms with Crippen molar-refractivity contribution in [3.63, 3.8) is 0 Å². The van der Waals surface area contributed by atoms with E-state index in [1.54, 1.807) is 28.8 Å². The van der Waals surface area contributed by atoms with Gasteiger partial charge in [0.1, 0.15) is 5.69 Å². The van der Waals surface area contributed by atoms with E-state index in [1.165, 1.54) is 0 Å². The number of rotatable bonds is 3. The van der Waals surface area contributed by atoms with Gasteiger partial charge in [0.25, 0.3) is 5.91 Å². The summed E-state index contributed by atoms with van der Waals surface area (Å²) >= 11 is 0. The van der Waals surface area contributed by atoms with E-state index in [2.05, 4.69) is 5.32 Å². The molecule has 110 valence electrons. The molecule has 0 aromatic carbocycles. The minimum absolute atomic E-state index is 0.0000142. The quantitative estimate of drug-likeness (QED) is 0.752. The van der Waals surface area contributed by atoms with E-state index >= 15 is 0 Å². The third kappa shape index (κ3) is 3.11. The molecule has 0 radical (unpaired) electrons. The largest absolute Gasteiger partial charge is 0.397 e. The summed E-state index contributed by atoms with van der Waals surface area (Å²) in [6.07, 6.45) is 1.73. The van der Waals surface area contributed by atoms with Gasteiger partial charge in [-0.1, -0.05) is 0 Å². The zero-order valence-electron chi connectivity index (χ0n) is 11.9. The summed E-state index contributed by atoms with van der Waals surface area (Å²) in [5, 5.41) is 2.60. The summed E-state index contributed by atoms with van der Waals surface area (Å²) in [7, 11) is 3.44. The molecular weight excluding hydrogens is 258 g/mol. The van der Waals surface area contributed by atoms with Crippen molar-refractivity contribution in [1.82, 2.24) is 19.7 Å². The van der Waals surface area contributed by atoms with E-state index in [9.17, 15) is 9.59 Å². The number of piperazine rings is 1. The average molecular weight is 279 g/mol. The molecule has 1 aromatic heterocycles. The summed E-state index contributed by atoms with van der Waals surface area (Å²) in [5.41, 5.74) is 6.89. The van der Waals surface area contributed by atoms with Crippen LogP contribution in [0.1, 0.15) is 10.5 Å². The first-order chi connectivity index (χ1) is 9.51. The molecule has 2 heterocycles. The first-order valence-corrected chi connectivity index (χ1v) is 6.65. The molecule has 1 aliphatic rings. The molecule has 0 atom stereocenters. The molecule has 1 saturated heterocycles. The van der Waals surface area contributed by atoms with Crippen molar-refractivity contribution < 1.29 is 9.59 Å². The first kappa shape index (κ1) is 14.4. The van der Waals surface area contributed by atoms with Crippen molar-refractivity contribution >= 4 is 17.5 Å². The standard InChI is InChI=1S/C13H21N5O2/c1-15-12(19)9-17-3-5-18(6-4-17)13(20)11-7-10(14)8-16(11)2/h7-8H,3-6,9,14H2,1-2H3,(H,15,19). The van der Waals surface area contributed by atoms with Gasteiger partial charge in [-0.15, -0.1) is 0 Å². The Bertz CT molecular complexity index is 503. The topological polar surface area (TPSA) is 83.6 Å². The van der Waals surface area contributed by atoms with Crippen LogP contribution in [0.3, 0.4) is 0 Å². The maximum Gasteiger partial charge on any atom is 0.270 e. The summed E-state index contributed by atoms with van der Waals surface area (Å²) in [6, 6.07) is 1.69. The SMILES string of the molecule is CNC(=O)CN1CCN(C(=O)c2cc(N)cn2C)CC1. The predicted octanol–water partition coefficient (Wildman–Crippen LogP) is -0.889. The van der Waals surface area contributed by atoms with Gasteiger partial charge in [0, 0.05) is 46.5 Å². The number of likely N-dealkylation sites (N-methyl/N-ethyl adjacent to an activating group) is 1. The Balaban J connectivity index is 1.92. The molecular formula is C13H21N5O2. The van der Waals surface area contributed by atoms with Crippen LogP contribution in [0.2, 0.25) is 0 Å². The molecule has 1 aliphatic heterocycles. The number of carbonyl (C=O) groups excluding carboxylic acids is 2. The lowest BCUT2D eigenvalue weighted by molar-refractivity contribution is -0.122. The Morgan fingerprint density at radius 2 is 1.95 bits per heavy atom. The molecule has 2 amide bonds. The number of hydrogen-bond acceptors (Lipinski definition) is 4. The molecule has 1 aromatic rings. The van der Waals surface area contributed by atoms with Crippen molar-refractivity contribution in [2.75, 3.05) is 45.5 Å². The number of hydrogen-bond donors (Lipinski definition) is 2. The number of nitrogens with two attached hydrogens (primary N) is 1. The Kier molecular flexibility index (Phi) is 4.29. The Labute approximate surface area is 118 Å². The molecule has 0 bridgehead atoms. The number of nitrogens with one attached hydrogen (secondary N) is 1. The first-order valence-electron chi connectivity index (χ1n) is 6.65. The van der Waals surface area contributed by atoms with E-state index in [1.807, 2.05) is 11.9 Å². The second-order valence-corrected chi connectivity index (χ2v) is 5.01. The average Bonchev–Trinajstić information content (AvgIpc) is 2.77. The van der Waals surface area contributed by atoms with Gasteiger partial charge in [0.2, 0.25) is 5.91 Å². The molecule has 7 nitrogen and oxygen atoms in total. The second kappa shape index (κ2) is 5.96. The van der Waals surface area contributed by atoms with Crippen LogP contribution >= 0.6 is 0 Å². The predicted molar refractivity (Wildman–Crippen MR) is 76.2 cm³/mol. The third-order valence-corrected chi connectivity index (χ3v) is 3.55. The second-order valence-electron chi connectivity index (χ2n) is 5.01. The Morgan fingerprint density at radius 3 is 2.45 bits per heavy atom. The van der Waals surface area contributed by atoms with Crippen molar-refractivity contribution in [2.24, 2.45) is 7.05 Å². The molecule has 2 rings (SSSR count). The highest BCUT2D eigenvalue weighted by Gasteiger charge is 2.24. The van der Waals surface area contributed by atoms with E-state index in [4.69, 9.17) is 5.73 Å². The zero-order valence-corrected chi connectivity index (χ0v) is 11.9. The summed E-state index contributed by atoms with van der Waals surface area (Å²) in [4.78, 5) is 27.5. The van der Waals surface area contributed by atoms with E-state index < -0.39 is 0 Å². The fourth-order valence-corrected chi connectivity index (χ4v) is 2.36. The lowest BCUT2D eigenvalue weighted by Crippen LogP contribution is -2.51. The molecule has 20 heavy (non-hydrogen) atoms. The van der Waals surface area contributed by atoms with Gasteiger partial charge in [-0.2, -0.15) is 0 Å². The van der Waals surface area contributed by atoms with Gasteiger partial charge in [-0.3, -0.25) is 14.5 Å². The summed E-state index contributed by atoms with van der Waals surface area (Å²) in [6.45, 7) is 3.05. The van der Waals surface area contributed by atoms with E-state index in [0.717, 1.165) is 0 Å². The summed E-state index contributed by atoms with van der Waals surface area (Å²) < 4.78 is 1.74. The van der Waals surface area contributed by atoms with Gasteiger partial charge in [-0.25, -0.2) is 0 Å². The van der Waals surface area contributed by atoms with Crippen molar-refractivity contribution in [1.29, 1.82) is 0 Å². The van der Waals surface area contributed by atoms with Crippen molar-refractivity contribution in [2.45, 2.75) is 0 Å². The Hall–Kier alpha value is -2.02. The molecule has 0 unspecified atom stereocenters. The normalized spacial score (nSPS) is 16.2. The molecule has 0 spiro atoms. The van der Waals surface area contributed by atoms with Crippen molar-refractivity contribution in [3.8, 4) is 0 Å².